The van der Waals surface area contributed by atoms with Gasteiger partial charge in [-0.3, -0.25) is 9.80 Å². The highest BCUT2D eigenvalue weighted by molar-refractivity contribution is 4.92. The van der Waals surface area contributed by atoms with E-state index < -0.39 is 0 Å². The second-order valence-corrected chi connectivity index (χ2v) is 6.88. The van der Waals surface area contributed by atoms with Gasteiger partial charge < -0.3 is 10.1 Å². The van der Waals surface area contributed by atoms with Gasteiger partial charge in [0.05, 0.1) is 6.61 Å². The zero-order valence-electron chi connectivity index (χ0n) is 13.2. The van der Waals surface area contributed by atoms with E-state index in [9.17, 15) is 0 Å². The van der Waals surface area contributed by atoms with Crippen molar-refractivity contribution in [3.05, 3.63) is 0 Å². The number of piperazine rings is 1. The van der Waals surface area contributed by atoms with Crippen LogP contribution in [0.1, 0.15) is 33.1 Å². The van der Waals surface area contributed by atoms with E-state index >= 15 is 0 Å². The molecule has 1 N–H and O–H groups in total. The molecule has 4 heteroatoms. The highest BCUT2D eigenvalue weighted by atomic mass is 16.5. The van der Waals surface area contributed by atoms with Crippen molar-refractivity contribution < 1.29 is 4.74 Å². The van der Waals surface area contributed by atoms with E-state index in [4.69, 9.17) is 4.74 Å². The van der Waals surface area contributed by atoms with Gasteiger partial charge in [0.2, 0.25) is 0 Å². The fourth-order valence-electron chi connectivity index (χ4n) is 4.31. The quantitative estimate of drug-likeness (QED) is 0.837. The van der Waals surface area contributed by atoms with Crippen molar-refractivity contribution in [1.82, 2.24) is 15.1 Å². The lowest BCUT2D eigenvalue weighted by Gasteiger charge is -2.45. The lowest BCUT2D eigenvalue weighted by molar-refractivity contribution is -0.00949. The summed E-state index contributed by atoms with van der Waals surface area (Å²) in [6.45, 7) is 12.6. The SMILES string of the molecule is CCNC1CCOCC1CN1CC2CCCN2CC1C. The summed E-state index contributed by atoms with van der Waals surface area (Å²) in [5.74, 6) is 0.666. The highest BCUT2D eigenvalue weighted by Crippen LogP contribution is 2.26. The zero-order chi connectivity index (χ0) is 13.9. The van der Waals surface area contributed by atoms with Crippen LogP contribution in [0.2, 0.25) is 0 Å². The van der Waals surface area contributed by atoms with Gasteiger partial charge in [-0.05, 0) is 39.3 Å². The van der Waals surface area contributed by atoms with Gasteiger partial charge in [0.15, 0.2) is 0 Å². The number of hydrogen-bond donors (Lipinski definition) is 1. The second kappa shape index (κ2) is 6.73. The van der Waals surface area contributed by atoms with Gasteiger partial charge in [-0.1, -0.05) is 6.92 Å². The number of fused-ring (bicyclic) bond motifs is 1. The molecule has 116 valence electrons. The number of ether oxygens (including phenoxy) is 1. The van der Waals surface area contributed by atoms with Gasteiger partial charge in [-0.2, -0.15) is 0 Å². The van der Waals surface area contributed by atoms with Crippen LogP contribution in [0.25, 0.3) is 0 Å². The Morgan fingerprint density at radius 2 is 2.15 bits per heavy atom. The smallest absolute Gasteiger partial charge is 0.0521 e. The van der Waals surface area contributed by atoms with Gasteiger partial charge in [-0.15, -0.1) is 0 Å². The van der Waals surface area contributed by atoms with Crippen molar-refractivity contribution >= 4 is 0 Å². The fourth-order valence-corrected chi connectivity index (χ4v) is 4.31. The summed E-state index contributed by atoms with van der Waals surface area (Å²) < 4.78 is 5.75. The first-order chi connectivity index (χ1) is 9.78. The molecule has 0 radical (unpaired) electrons. The summed E-state index contributed by atoms with van der Waals surface area (Å²) in [7, 11) is 0. The number of nitrogens with zero attached hydrogens (tertiary/aromatic N) is 2. The van der Waals surface area contributed by atoms with Crippen LogP contribution in [0.15, 0.2) is 0 Å². The van der Waals surface area contributed by atoms with Crippen LogP contribution in [-0.2, 0) is 4.74 Å². The van der Waals surface area contributed by atoms with Crippen LogP contribution >= 0.6 is 0 Å². The third-order valence-electron chi connectivity index (χ3n) is 5.48. The topological polar surface area (TPSA) is 27.7 Å². The molecule has 0 aromatic rings. The molecule has 0 aromatic heterocycles. The monoisotopic (exact) mass is 281 g/mol. The van der Waals surface area contributed by atoms with E-state index in [2.05, 4.69) is 29.0 Å². The molecule has 0 aromatic carbocycles. The molecule has 4 nitrogen and oxygen atoms in total. The van der Waals surface area contributed by atoms with E-state index in [0.717, 1.165) is 25.8 Å². The molecule has 3 aliphatic rings. The maximum Gasteiger partial charge on any atom is 0.0521 e. The van der Waals surface area contributed by atoms with Gasteiger partial charge >= 0.3 is 0 Å². The van der Waals surface area contributed by atoms with Crippen molar-refractivity contribution in [3.63, 3.8) is 0 Å². The Hall–Kier alpha value is -0.160. The molecule has 0 spiro atoms. The molecule has 3 saturated heterocycles. The number of nitrogens with one attached hydrogen (secondary N) is 1. The van der Waals surface area contributed by atoms with E-state index in [1.54, 1.807) is 0 Å². The molecule has 0 saturated carbocycles. The average molecular weight is 281 g/mol. The Balaban J connectivity index is 1.57. The molecule has 0 bridgehead atoms. The molecule has 4 unspecified atom stereocenters. The minimum atomic E-state index is 0.655. The van der Waals surface area contributed by atoms with Gasteiger partial charge in [-0.25, -0.2) is 0 Å². The third-order valence-corrected chi connectivity index (χ3v) is 5.48. The maximum absolute atomic E-state index is 5.75. The Kier molecular flexibility index (Phi) is 4.97. The molecule has 0 amide bonds. The normalized spacial score (nSPS) is 39.9. The van der Waals surface area contributed by atoms with E-state index in [1.807, 2.05) is 0 Å². The minimum absolute atomic E-state index is 0.655. The fraction of sp³-hybridized carbons (Fsp3) is 1.00. The standard InChI is InChI=1S/C16H31N3O/c1-3-17-16-6-8-20-12-14(16)10-19-11-15-5-4-7-18(15)9-13(19)2/h13-17H,3-12H2,1-2H3. The molecular formula is C16H31N3O. The van der Waals surface area contributed by atoms with Crippen molar-refractivity contribution in [3.8, 4) is 0 Å². The summed E-state index contributed by atoms with van der Waals surface area (Å²) in [6, 6.07) is 2.18. The van der Waals surface area contributed by atoms with E-state index in [-0.39, 0.29) is 0 Å². The Morgan fingerprint density at radius 3 is 3.00 bits per heavy atom. The van der Waals surface area contributed by atoms with Crippen LogP contribution in [0.4, 0.5) is 0 Å². The first-order valence-electron chi connectivity index (χ1n) is 8.57. The van der Waals surface area contributed by atoms with Crippen molar-refractivity contribution in [1.29, 1.82) is 0 Å². The third kappa shape index (κ3) is 3.19. The molecule has 0 aliphatic carbocycles. The van der Waals surface area contributed by atoms with Crippen LogP contribution in [0, 0.1) is 5.92 Å². The number of hydrogen-bond acceptors (Lipinski definition) is 4. The second-order valence-electron chi connectivity index (χ2n) is 6.88. The summed E-state index contributed by atoms with van der Waals surface area (Å²) in [5, 5.41) is 3.67. The Morgan fingerprint density at radius 1 is 1.25 bits per heavy atom. The molecule has 3 heterocycles. The van der Waals surface area contributed by atoms with Crippen LogP contribution in [0.3, 0.4) is 0 Å². The summed E-state index contributed by atoms with van der Waals surface area (Å²) in [5.41, 5.74) is 0. The first-order valence-corrected chi connectivity index (χ1v) is 8.57. The summed E-state index contributed by atoms with van der Waals surface area (Å²) in [6.07, 6.45) is 3.98. The van der Waals surface area contributed by atoms with Gasteiger partial charge in [0.25, 0.3) is 0 Å². The predicted molar refractivity (Wildman–Crippen MR) is 82.0 cm³/mol. The van der Waals surface area contributed by atoms with Crippen LogP contribution < -0.4 is 5.32 Å². The van der Waals surface area contributed by atoms with Crippen LogP contribution in [-0.4, -0.2) is 73.9 Å². The summed E-state index contributed by atoms with van der Waals surface area (Å²) >= 11 is 0. The number of rotatable bonds is 4. The van der Waals surface area contributed by atoms with E-state index in [1.165, 1.54) is 45.4 Å². The van der Waals surface area contributed by atoms with Gasteiger partial charge in [0, 0.05) is 50.3 Å². The minimum Gasteiger partial charge on any atom is -0.381 e. The lowest BCUT2D eigenvalue weighted by Crippen LogP contribution is -2.58. The lowest BCUT2D eigenvalue weighted by atomic mass is 9.93. The van der Waals surface area contributed by atoms with Crippen molar-refractivity contribution in [2.75, 3.05) is 45.9 Å². The van der Waals surface area contributed by atoms with Gasteiger partial charge in [0.1, 0.15) is 0 Å². The van der Waals surface area contributed by atoms with E-state index in [0.29, 0.717) is 18.0 Å². The molecular weight excluding hydrogens is 250 g/mol. The molecule has 3 fully saturated rings. The summed E-state index contributed by atoms with van der Waals surface area (Å²) in [4.78, 5) is 5.44. The van der Waals surface area contributed by atoms with Crippen molar-refractivity contribution in [2.45, 2.75) is 51.2 Å². The molecule has 3 aliphatic heterocycles. The predicted octanol–water partition coefficient (Wildman–Crippen LogP) is 1.17. The Labute approximate surface area is 123 Å². The molecule has 20 heavy (non-hydrogen) atoms. The zero-order valence-corrected chi connectivity index (χ0v) is 13.2. The maximum atomic E-state index is 5.75. The van der Waals surface area contributed by atoms with Crippen LogP contribution in [0.5, 0.6) is 0 Å². The Bertz CT molecular complexity index is 310. The van der Waals surface area contributed by atoms with Crippen molar-refractivity contribution in [2.24, 2.45) is 5.92 Å². The largest absolute Gasteiger partial charge is 0.381 e. The highest BCUT2D eigenvalue weighted by Gasteiger charge is 2.36. The average Bonchev–Trinajstić information content (AvgIpc) is 2.88. The molecule has 4 atom stereocenters. The molecule has 3 rings (SSSR count). The first kappa shape index (κ1) is 14.8.